The van der Waals surface area contributed by atoms with Crippen LogP contribution in [0.25, 0.3) is 10.8 Å². The fraction of sp³-hybridized carbons (Fsp3) is 0.286. The molecule has 82 valence electrons. The van der Waals surface area contributed by atoms with Gasteiger partial charge in [-0.3, -0.25) is 0 Å². The molecule has 1 fully saturated rings. The van der Waals surface area contributed by atoms with E-state index in [4.69, 9.17) is 0 Å². The Morgan fingerprint density at radius 2 is 2.00 bits per heavy atom. The largest absolute Gasteiger partial charge is 0.508 e. The minimum absolute atomic E-state index is 0.464. The Kier molecular flexibility index (Phi) is 2.52. The first-order chi connectivity index (χ1) is 7.86. The maximum absolute atomic E-state index is 10.1. The molecule has 0 aliphatic carbocycles. The van der Waals surface area contributed by atoms with Crippen LogP contribution >= 0.6 is 11.8 Å². The molecule has 1 atom stereocenters. The third kappa shape index (κ3) is 1.57. The summed E-state index contributed by atoms with van der Waals surface area (Å²) in [7, 11) is 0. The maximum Gasteiger partial charge on any atom is 0.119 e. The number of fused-ring (bicyclic) bond motifs is 1. The summed E-state index contributed by atoms with van der Waals surface area (Å²) in [5.74, 6) is 3.34. The van der Waals surface area contributed by atoms with E-state index in [1.807, 2.05) is 36.0 Å². The summed E-state index contributed by atoms with van der Waals surface area (Å²) >= 11 is 1.98. The molecule has 1 unspecified atom stereocenters. The lowest BCUT2D eigenvalue weighted by Gasteiger charge is -2.14. The summed E-state index contributed by atoms with van der Waals surface area (Å²) in [6.07, 6.45) is 1.19. The van der Waals surface area contributed by atoms with Crippen LogP contribution in [0.15, 0.2) is 36.4 Å². The fourth-order valence-corrected chi connectivity index (χ4v) is 3.71. The van der Waals surface area contributed by atoms with Crippen molar-refractivity contribution in [1.82, 2.24) is 0 Å². The van der Waals surface area contributed by atoms with Gasteiger partial charge in [0, 0.05) is 11.3 Å². The number of phenolic OH excluding ortho intramolecular Hbond substituents is 1. The highest BCUT2D eigenvalue weighted by Crippen LogP contribution is 2.40. The minimum Gasteiger partial charge on any atom is -0.508 e. The Hall–Kier alpha value is -1.15. The Bertz CT molecular complexity index is 515. The maximum atomic E-state index is 10.1. The molecule has 0 radical (unpaired) electrons. The predicted octanol–water partition coefficient (Wildman–Crippen LogP) is 3.77. The van der Waals surface area contributed by atoms with Gasteiger partial charge in [-0.15, -0.1) is 0 Å². The van der Waals surface area contributed by atoms with Gasteiger partial charge >= 0.3 is 0 Å². The summed E-state index contributed by atoms with van der Waals surface area (Å²) in [6.45, 7) is 0. The Balaban J connectivity index is 2.23. The minimum atomic E-state index is 0.464. The molecule has 2 heteroatoms. The van der Waals surface area contributed by atoms with Gasteiger partial charge in [0.1, 0.15) is 5.75 Å². The molecule has 1 heterocycles. The third-order valence-electron chi connectivity index (χ3n) is 3.29. The van der Waals surface area contributed by atoms with Crippen LogP contribution in [-0.2, 0) is 0 Å². The van der Waals surface area contributed by atoms with Gasteiger partial charge in [0.2, 0.25) is 0 Å². The molecule has 0 spiro atoms. The van der Waals surface area contributed by atoms with Crippen LogP contribution in [0.1, 0.15) is 17.9 Å². The molecule has 1 aliphatic rings. The van der Waals surface area contributed by atoms with Crippen LogP contribution < -0.4 is 0 Å². The smallest absolute Gasteiger partial charge is 0.119 e. The van der Waals surface area contributed by atoms with E-state index in [0.29, 0.717) is 11.7 Å². The highest BCUT2D eigenvalue weighted by atomic mass is 32.2. The molecule has 1 N–H and O–H groups in total. The second-order valence-corrected chi connectivity index (χ2v) is 5.43. The number of hydrogen-bond donors (Lipinski definition) is 1. The zero-order valence-electron chi connectivity index (χ0n) is 9.02. The SMILES string of the molecule is Oc1ccc2ccccc2c1C1CCSC1. The average molecular weight is 230 g/mol. The van der Waals surface area contributed by atoms with Crippen LogP contribution in [0.4, 0.5) is 0 Å². The van der Waals surface area contributed by atoms with Crippen LogP contribution in [0.5, 0.6) is 5.75 Å². The van der Waals surface area contributed by atoms with Gasteiger partial charge in [-0.25, -0.2) is 0 Å². The summed E-state index contributed by atoms with van der Waals surface area (Å²) < 4.78 is 0. The zero-order valence-corrected chi connectivity index (χ0v) is 9.83. The van der Waals surface area contributed by atoms with Crippen LogP contribution in [0.2, 0.25) is 0 Å². The normalized spacial score (nSPS) is 20.4. The average Bonchev–Trinajstić information content (AvgIpc) is 2.82. The molecule has 1 aliphatic heterocycles. The second kappa shape index (κ2) is 4.02. The van der Waals surface area contributed by atoms with E-state index in [-0.39, 0.29) is 0 Å². The van der Waals surface area contributed by atoms with Crippen molar-refractivity contribution >= 4 is 22.5 Å². The Morgan fingerprint density at radius 1 is 1.12 bits per heavy atom. The van der Waals surface area contributed by atoms with E-state index >= 15 is 0 Å². The first-order valence-corrected chi connectivity index (χ1v) is 6.80. The summed E-state index contributed by atoms with van der Waals surface area (Å²) in [5.41, 5.74) is 1.16. The van der Waals surface area contributed by atoms with Crippen molar-refractivity contribution in [3.8, 4) is 5.75 Å². The molecule has 3 rings (SSSR count). The fourth-order valence-electron chi connectivity index (χ4n) is 2.48. The topological polar surface area (TPSA) is 20.2 Å². The second-order valence-electron chi connectivity index (χ2n) is 4.28. The monoisotopic (exact) mass is 230 g/mol. The van der Waals surface area contributed by atoms with Crippen molar-refractivity contribution < 1.29 is 5.11 Å². The first kappa shape index (κ1) is 10.0. The molecular formula is C14H14OS. The number of phenols is 1. The Labute approximate surface area is 99.5 Å². The van der Waals surface area contributed by atoms with Crippen molar-refractivity contribution in [2.24, 2.45) is 0 Å². The highest BCUT2D eigenvalue weighted by Gasteiger charge is 2.22. The quantitative estimate of drug-likeness (QED) is 0.804. The van der Waals surface area contributed by atoms with E-state index in [2.05, 4.69) is 12.1 Å². The van der Waals surface area contributed by atoms with Crippen molar-refractivity contribution in [2.75, 3.05) is 11.5 Å². The molecule has 1 saturated heterocycles. The van der Waals surface area contributed by atoms with Gasteiger partial charge in [0.05, 0.1) is 0 Å². The molecule has 16 heavy (non-hydrogen) atoms. The molecule has 0 saturated carbocycles. The summed E-state index contributed by atoms with van der Waals surface area (Å²) in [6, 6.07) is 12.2. The van der Waals surface area contributed by atoms with Gasteiger partial charge in [0.25, 0.3) is 0 Å². The predicted molar refractivity (Wildman–Crippen MR) is 70.3 cm³/mol. The summed E-state index contributed by atoms with van der Waals surface area (Å²) in [5, 5.41) is 12.5. The van der Waals surface area contributed by atoms with E-state index in [9.17, 15) is 5.11 Å². The highest BCUT2D eigenvalue weighted by molar-refractivity contribution is 7.99. The van der Waals surface area contributed by atoms with Crippen molar-refractivity contribution in [1.29, 1.82) is 0 Å². The van der Waals surface area contributed by atoms with E-state index in [0.717, 1.165) is 11.3 Å². The van der Waals surface area contributed by atoms with E-state index in [1.54, 1.807) is 0 Å². The van der Waals surface area contributed by atoms with Gasteiger partial charge in [-0.05, 0) is 34.9 Å². The van der Waals surface area contributed by atoms with E-state index < -0.39 is 0 Å². The lowest BCUT2D eigenvalue weighted by atomic mass is 9.92. The van der Waals surface area contributed by atoms with Gasteiger partial charge in [-0.2, -0.15) is 11.8 Å². The Morgan fingerprint density at radius 3 is 2.81 bits per heavy atom. The molecule has 0 bridgehead atoms. The standard InChI is InChI=1S/C14H14OS/c15-13-6-5-10-3-1-2-4-12(10)14(13)11-7-8-16-9-11/h1-6,11,15H,7-9H2. The number of thioether (sulfide) groups is 1. The summed E-state index contributed by atoms with van der Waals surface area (Å²) in [4.78, 5) is 0. The van der Waals surface area contributed by atoms with E-state index in [1.165, 1.54) is 22.9 Å². The van der Waals surface area contributed by atoms with Crippen LogP contribution in [-0.4, -0.2) is 16.6 Å². The van der Waals surface area contributed by atoms with Gasteiger partial charge < -0.3 is 5.11 Å². The number of hydrogen-bond acceptors (Lipinski definition) is 2. The molecule has 1 nitrogen and oxygen atoms in total. The van der Waals surface area contributed by atoms with Gasteiger partial charge in [0.15, 0.2) is 0 Å². The molecule has 0 amide bonds. The number of aromatic hydroxyl groups is 1. The molecular weight excluding hydrogens is 216 g/mol. The zero-order chi connectivity index (χ0) is 11.0. The van der Waals surface area contributed by atoms with Crippen molar-refractivity contribution in [3.63, 3.8) is 0 Å². The lowest BCUT2D eigenvalue weighted by molar-refractivity contribution is 0.465. The molecule has 0 aromatic heterocycles. The number of benzene rings is 2. The van der Waals surface area contributed by atoms with Crippen molar-refractivity contribution in [3.05, 3.63) is 42.0 Å². The third-order valence-corrected chi connectivity index (χ3v) is 4.45. The lowest BCUT2D eigenvalue weighted by Crippen LogP contribution is -1.98. The van der Waals surface area contributed by atoms with Gasteiger partial charge in [-0.1, -0.05) is 30.3 Å². The van der Waals surface area contributed by atoms with Crippen LogP contribution in [0.3, 0.4) is 0 Å². The molecule has 2 aromatic carbocycles. The van der Waals surface area contributed by atoms with Crippen molar-refractivity contribution in [2.45, 2.75) is 12.3 Å². The van der Waals surface area contributed by atoms with Crippen LogP contribution in [0, 0.1) is 0 Å². The number of rotatable bonds is 1. The first-order valence-electron chi connectivity index (χ1n) is 5.64. The molecule has 2 aromatic rings.